The second-order valence-corrected chi connectivity index (χ2v) is 13.7. The molecule has 4 aliphatic carbocycles. The van der Waals surface area contributed by atoms with Crippen LogP contribution in [-0.2, 0) is 21.1 Å². The van der Waals surface area contributed by atoms with Gasteiger partial charge in [0.1, 0.15) is 5.78 Å². The fourth-order valence-corrected chi connectivity index (χ4v) is 8.47. The summed E-state index contributed by atoms with van der Waals surface area (Å²) >= 11 is 5.12. The largest absolute Gasteiger partial charge is 0.345 e. The molecular weight excluding hydrogens is 351 g/mol. The third kappa shape index (κ3) is 3.00. The molecule has 0 aromatic carbocycles. The lowest BCUT2D eigenvalue weighted by Gasteiger charge is -2.60. The van der Waals surface area contributed by atoms with Gasteiger partial charge in [-0.05, 0) is 92.3 Å². The summed E-state index contributed by atoms with van der Waals surface area (Å²) in [6, 6.07) is 0. The molecule has 5 heteroatoms. The summed E-state index contributed by atoms with van der Waals surface area (Å²) in [6.45, 7) is 3.89. The number of ketones is 1. The van der Waals surface area contributed by atoms with Gasteiger partial charge in [-0.2, -0.15) is 0 Å². The molecule has 0 saturated heterocycles. The molecule has 0 heterocycles. The molecule has 2 unspecified atom stereocenters. The summed E-state index contributed by atoms with van der Waals surface area (Å²) in [6.07, 6.45) is 10.3. The quantitative estimate of drug-likeness (QED) is 0.687. The Morgan fingerprint density at radius 1 is 1.12 bits per heavy atom. The van der Waals surface area contributed by atoms with E-state index in [0.29, 0.717) is 23.0 Å². The van der Waals surface area contributed by atoms with E-state index in [9.17, 15) is 9.69 Å². The Labute approximate surface area is 157 Å². The zero-order chi connectivity index (χ0) is 18.0. The van der Waals surface area contributed by atoms with Crippen molar-refractivity contribution in [2.75, 3.05) is 6.66 Å². The summed E-state index contributed by atoms with van der Waals surface area (Å²) in [7, 11) is 0. The average molecular weight is 385 g/mol. The van der Waals surface area contributed by atoms with E-state index in [1.807, 2.05) is 0 Å². The van der Waals surface area contributed by atoms with E-state index in [4.69, 9.17) is 16.3 Å². The van der Waals surface area contributed by atoms with Gasteiger partial charge in [-0.3, -0.25) is 4.79 Å². The molecule has 142 valence electrons. The Bertz CT molecular complexity index is 616. The number of hydrogen-bond donors (Lipinski definition) is 1. The number of fused-ring (bicyclic) bond motifs is 5. The van der Waals surface area contributed by atoms with Crippen molar-refractivity contribution in [3.63, 3.8) is 0 Å². The summed E-state index contributed by atoms with van der Waals surface area (Å²) in [4.78, 5) is 22.4. The van der Waals surface area contributed by atoms with E-state index >= 15 is 0 Å². The first-order valence-corrected chi connectivity index (χ1v) is 13.3. The van der Waals surface area contributed by atoms with Gasteiger partial charge in [0.25, 0.3) is 0 Å². The molecule has 0 radical (unpaired) electrons. The summed E-state index contributed by atoms with van der Waals surface area (Å²) in [5, 5.41) is 0. The lowest BCUT2D eigenvalue weighted by molar-refractivity contribution is -0.141. The standard InChI is InChI=1S/C20H33O3PS/c1-19-10-8-14(23-24(3,22)25)12-13(19)4-5-15-16-6-7-18(21)20(16,2)11-9-17(15)19/h13-17H,4-12H2,1-3H3,(H,22,25)/t13?,14-,15-,16-,17-,19-,20-,24?/m0/s1. The summed E-state index contributed by atoms with van der Waals surface area (Å²) in [5.74, 6) is 3.38. The van der Waals surface area contributed by atoms with Gasteiger partial charge in [-0.25, -0.2) is 0 Å². The number of hydrogen-bond acceptors (Lipinski definition) is 3. The van der Waals surface area contributed by atoms with Crippen molar-refractivity contribution in [3.8, 4) is 0 Å². The maximum atomic E-state index is 12.5. The molecule has 0 aromatic rings. The molecule has 0 bridgehead atoms. The first kappa shape index (κ1) is 18.6. The van der Waals surface area contributed by atoms with E-state index < -0.39 is 6.49 Å². The van der Waals surface area contributed by atoms with Crippen LogP contribution in [-0.4, -0.2) is 23.4 Å². The molecule has 3 nitrogen and oxygen atoms in total. The van der Waals surface area contributed by atoms with Gasteiger partial charge in [0, 0.05) is 18.5 Å². The van der Waals surface area contributed by atoms with Crippen molar-refractivity contribution in [2.24, 2.45) is 34.5 Å². The van der Waals surface area contributed by atoms with Crippen molar-refractivity contribution in [3.05, 3.63) is 0 Å². The van der Waals surface area contributed by atoms with Gasteiger partial charge in [-0.15, -0.1) is 0 Å². The van der Waals surface area contributed by atoms with E-state index in [1.165, 1.54) is 25.7 Å². The van der Waals surface area contributed by atoms with Crippen LogP contribution in [0.15, 0.2) is 0 Å². The Morgan fingerprint density at radius 3 is 2.60 bits per heavy atom. The van der Waals surface area contributed by atoms with Gasteiger partial charge in [-0.1, -0.05) is 13.8 Å². The zero-order valence-electron chi connectivity index (χ0n) is 15.9. The van der Waals surface area contributed by atoms with Crippen molar-refractivity contribution >= 4 is 24.1 Å². The fourth-order valence-electron chi connectivity index (χ4n) is 7.36. The SMILES string of the molecule is C[C@]12CC[C@H](OP(C)(O)=S)CC1CC[C@@H]1[C@@H]2CC[C@]2(C)C(=O)CC[C@@H]12. The highest BCUT2D eigenvalue weighted by molar-refractivity contribution is 8.09. The molecule has 4 rings (SSSR count). The van der Waals surface area contributed by atoms with Crippen LogP contribution in [0.5, 0.6) is 0 Å². The second kappa shape index (κ2) is 6.12. The molecule has 0 spiro atoms. The van der Waals surface area contributed by atoms with Crippen molar-refractivity contribution in [1.82, 2.24) is 0 Å². The van der Waals surface area contributed by atoms with E-state index in [1.54, 1.807) is 6.66 Å². The molecule has 0 aliphatic heterocycles. The fraction of sp³-hybridized carbons (Fsp3) is 0.950. The highest BCUT2D eigenvalue weighted by atomic mass is 32.5. The van der Waals surface area contributed by atoms with E-state index in [-0.39, 0.29) is 11.5 Å². The number of Topliss-reactive ketones (excluding diaryl/α,β-unsaturated/α-hetero) is 1. The molecule has 25 heavy (non-hydrogen) atoms. The van der Waals surface area contributed by atoms with Gasteiger partial charge in [0.05, 0.1) is 6.10 Å². The number of carbonyl (C=O) groups excluding carboxylic acids is 1. The molecule has 4 fully saturated rings. The highest BCUT2D eigenvalue weighted by Gasteiger charge is 2.60. The van der Waals surface area contributed by atoms with Crippen LogP contribution < -0.4 is 0 Å². The molecule has 1 N–H and O–H groups in total. The lowest BCUT2D eigenvalue weighted by Crippen LogP contribution is -2.54. The summed E-state index contributed by atoms with van der Waals surface area (Å²) in [5.41, 5.74) is 0.373. The van der Waals surface area contributed by atoms with Crippen molar-refractivity contribution < 1.29 is 14.2 Å². The maximum Gasteiger partial charge on any atom is 0.183 e. The van der Waals surface area contributed by atoms with Crippen LogP contribution >= 0.6 is 6.49 Å². The molecule has 4 aliphatic rings. The highest BCUT2D eigenvalue weighted by Crippen LogP contribution is 2.65. The molecule has 8 atom stereocenters. The number of rotatable bonds is 2. The molecule has 0 aromatic heterocycles. The zero-order valence-corrected chi connectivity index (χ0v) is 17.6. The van der Waals surface area contributed by atoms with E-state index in [0.717, 1.165) is 43.9 Å². The van der Waals surface area contributed by atoms with Crippen molar-refractivity contribution in [2.45, 2.75) is 77.7 Å². The first-order valence-electron chi connectivity index (χ1n) is 10.2. The Hall–Kier alpha value is 0.240. The minimum absolute atomic E-state index is 0.0177. The van der Waals surface area contributed by atoms with Crippen LogP contribution in [0.2, 0.25) is 0 Å². The third-order valence-corrected chi connectivity index (χ3v) is 9.62. The summed E-state index contributed by atoms with van der Waals surface area (Å²) < 4.78 is 5.84. The Balaban J connectivity index is 1.53. The first-order chi connectivity index (χ1) is 11.6. The van der Waals surface area contributed by atoms with Gasteiger partial charge in [0.15, 0.2) is 6.49 Å². The smallest absolute Gasteiger partial charge is 0.183 e. The van der Waals surface area contributed by atoms with Crippen molar-refractivity contribution in [1.29, 1.82) is 0 Å². The van der Waals surface area contributed by atoms with Crippen LogP contribution in [0.4, 0.5) is 0 Å². The Morgan fingerprint density at radius 2 is 1.88 bits per heavy atom. The van der Waals surface area contributed by atoms with Gasteiger partial charge >= 0.3 is 0 Å². The second-order valence-electron chi connectivity index (χ2n) is 9.88. The lowest BCUT2D eigenvalue weighted by atomic mass is 9.45. The average Bonchev–Trinajstić information content (AvgIpc) is 2.82. The topological polar surface area (TPSA) is 46.5 Å². The minimum atomic E-state index is -2.57. The Kier molecular flexibility index (Phi) is 4.55. The predicted octanol–water partition coefficient (Wildman–Crippen LogP) is 4.92. The van der Waals surface area contributed by atoms with Gasteiger partial charge in [0.2, 0.25) is 0 Å². The maximum absolute atomic E-state index is 12.5. The third-order valence-electron chi connectivity index (χ3n) is 8.67. The van der Waals surface area contributed by atoms with Crippen LogP contribution in [0.3, 0.4) is 0 Å². The minimum Gasteiger partial charge on any atom is -0.345 e. The van der Waals surface area contributed by atoms with Gasteiger partial charge < -0.3 is 9.42 Å². The molecule has 4 saturated carbocycles. The van der Waals surface area contributed by atoms with Crippen LogP contribution in [0.25, 0.3) is 0 Å². The normalized spacial score (nSPS) is 52.0. The van der Waals surface area contributed by atoms with Crippen LogP contribution in [0.1, 0.15) is 71.6 Å². The molecule has 0 amide bonds. The molecular formula is C20H33O3PS. The number of carbonyl (C=O) groups is 1. The van der Waals surface area contributed by atoms with Crippen LogP contribution in [0, 0.1) is 34.5 Å². The predicted molar refractivity (Wildman–Crippen MR) is 104 cm³/mol. The monoisotopic (exact) mass is 384 g/mol. The van der Waals surface area contributed by atoms with E-state index in [2.05, 4.69) is 13.8 Å².